The van der Waals surface area contributed by atoms with E-state index in [0.29, 0.717) is 0 Å². The summed E-state index contributed by atoms with van der Waals surface area (Å²) < 4.78 is 5.00. The van der Waals surface area contributed by atoms with E-state index >= 15 is 0 Å². The lowest BCUT2D eigenvalue weighted by molar-refractivity contribution is 0.119. The van der Waals surface area contributed by atoms with Crippen molar-refractivity contribution in [2.24, 2.45) is 0 Å². The van der Waals surface area contributed by atoms with Crippen molar-refractivity contribution in [3.63, 3.8) is 0 Å². The van der Waals surface area contributed by atoms with Crippen LogP contribution in [-0.4, -0.2) is 22.2 Å². The summed E-state index contributed by atoms with van der Waals surface area (Å²) in [6.45, 7) is 6.21. The fraction of sp³-hybridized carbons (Fsp3) is 1.00. The molecule has 0 aromatic heterocycles. The Morgan fingerprint density at radius 2 is 1.88 bits per heavy atom. The van der Waals surface area contributed by atoms with E-state index in [0.717, 1.165) is 6.42 Å². The fourth-order valence-electron chi connectivity index (χ4n) is 0.0833. The van der Waals surface area contributed by atoms with Crippen LogP contribution in [-0.2, 0) is 3.79 Å². The van der Waals surface area contributed by atoms with E-state index in [1.165, 1.54) is 0 Å². The van der Waals surface area contributed by atoms with Crippen LogP contribution in [0.4, 0.5) is 0 Å². The number of rotatable bonds is 2. The van der Waals surface area contributed by atoms with Gasteiger partial charge < -0.3 is 3.79 Å². The second-order valence-electron chi connectivity index (χ2n) is 2.23. The zero-order valence-electron chi connectivity index (χ0n) is 5.60. The van der Waals surface area contributed by atoms with Crippen molar-refractivity contribution in [1.29, 1.82) is 0 Å². The normalized spacial score (nSPS) is 10.4. The summed E-state index contributed by atoms with van der Waals surface area (Å²) in [6.07, 6.45) is 1.05. The van der Waals surface area contributed by atoms with Gasteiger partial charge in [-0.2, -0.15) is 0 Å². The summed E-state index contributed by atoms with van der Waals surface area (Å²) in [5.74, 6) is 0. The molecular formula is C5H12AlClO. The zero-order chi connectivity index (χ0) is 5.91. The maximum Gasteiger partial charge on any atom is 0.369 e. The van der Waals surface area contributed by atoms with Crippen LogP contribution in [0.25, 0.3) is 0 Å². The predicted molar refractivity (Wildman–Crippen MR) is 38.5 cm³/mol. The molecule has 0 amide bonds. The van der Waals surface area contributed by atoms with Gasteiger partial charge in [-0.3, -0.25) is 0 Å². The molecule has 1 nitrogen and oxygen atoms in total. The lowest BCUT2D eigenvalue weighted by atomic mass is 10.1. The Morgan fingerprint density at radius 3 is 1.88 bits per heavy atom. The van der Waals surface area contributed by atoms with Crippen molar-refractivity contribution in [3.05, 3.63) is 0 Å². The van der Waals surface area contributed by atoms with Crippen LogP contribution in [0.15, 0.2) is 0 Å². The standard InChI is InChI=1S/C5H11O.Al.ClH/c1-4-5(2,3)6;;/h4H2,1-3H3;;1H/q-1;+1;. The van der Waals surface area contributed by atoms with E-state index in [4.69, 9.17) is 3.79 Å². The second-order valence-corrected chi connectivity index (χ2v) is 2.47. The molecule has 0 aromatic carbocycles. The third-order valence-corrected chi connectivity index (χ3v) is 1.81. The van der Waals surface area contributed by atoms with Crippen LogP contribution in [0.5, 0.6) is 0 Å². The lowest BCUT2D eigenvalue weighted by Gasteiger charge is -2.22. The van der Waals surface area contributed by atoms with Crippen LogP contribution in [0, 0.1) is 0 Å². The summed E-state index contributed by atoms with van der Waals surface area (Å²) >= 11 is 2.27. The minimum absolute atomic E-state index is 0. The van der Waals surface area contributed by atoms with Crippen molar-refractivity contribution in [2.75, 3.05) is 0 Å². The van der Waals surface area contributed by atoms with Crippen molar-refractivity contribution < 1.29 is 3.79 Å². The van der Waals surface area contributed by atoms with Gasteiger partial charge >= 0.3 is 16.6 Å². The minimum atomic E-state index is 0. The van der Waals surface area contributed by atoms with Gasteiger partial charge in [0.1, 0.15) is 0 Å². The van der Waals surface area contributed by atoms with E-state index in [1.807, 2.05) is 0 Å². The summed E-state index contributed by atoms with van der Waals surface area (Å²) in [7, 11) is 0. The Morgan fingerprint density at radius 1 is 1.50 bits per heavy atom. The molecule has 0 fully saturated rings. The molecule has 0 rings (SSSR count). The molecule has 0 aliphatic rings. The Balaban J connectivity index is 0. The molecule has 0 aromatic rings. The highest BCUT2D eigenvalue weighted by Crippen LogP contribution is 2.09. The van der Waals surface area contributed by atoms with Crippen LogP contribution >= 0.6 is 12.4 Å². The predicted octanol–water partition coefficient (Wildman–Crippen LogP) is 1.70. The smallest absolute Gasteiger partial charge is 0.369 e. The number of hydrogen-bond donors (Lipinski definition) is 0. The highest BCUT2D eigenvalue weighted by atomic mass is 35.5. The molecule has 8 heavy (non-hydrogen) atoms. The van der Waals surface area contributed by atoms with Crippen LogP contribution < -0.4 is 0 Å². The molecule has 3 heteroatoms. The van der Waals surface area contributed by atoms with Gasteiger partial charge in [-0.1, -0.05) is 6.92 Å². The summed E-state index contributed by atoms with van der Waals surface area (Å²) in [5.41, 5.74) is 0.0463. The van der Waals surface area contributed by atoms with Gasteiger partial charge in [-0.25, -0.2) is 0 Å². The van der Waals surface area contributed by atoms with Gasteiger partial charge in [0.15, 0.2) is 0 Å². The molecule has 48 valence electrons. The van der Waals surface area contributed by atoms with Crippen molar-refractivity contribution >= 4 is 29.0 Å². The molecular weight excluding hydrogens is 138 g/mol. The summed E-state index contributed by atoms with van der Waals surface area (Å²) in [6, 6.07) is 0. The first-order chi connectivity index (χ1) is 3.12. The zero-order valence-corrected chi connectivity index (χ0v) is 7.57. The van der Waals surface area contributed by atoms with Gasteiger partial charge in [0, 0.05) is 5.60 Å². The summed E-state index contributed by atoms with van der Waals surface area (Å²) in [5, 5.41) is 0. The largest absolute Gasteiger partial charge is 0.512 e. The Bertz CT molecular complexity index is 50.4. The highest BCUT2D eigenvalue weighted by Gasteiger charge is 2.08. The first-order valence-corrected chi connectivity index (χ1v) is 2.97. The molecule has 0 aliphatic carbocycles. The molecule has 0 bridgehead atoms. The average Bonchev–Trinajstić information content (AvgIpc) is 1.68. The van der Waals surface area contributed by atoms with Gasteiger partial charge in [-0.15, -0.1) is 12.4 Å². The third kappa shape index (κ3) is 4.93. The summed E-state index contributed by atoms with van der Waals surface area (Å²) in [4.78, 5) is 0. The first-order valence-electron chi connectivity index (χ1n) is 2.50. The van der Waals surface area contributed by atoms with Crippen LogP contribution in [0.1, 0.15) is 27.2 Å². The molecule has 0 unspecified atom stereocenters. The van der Waals surface area contributed by atoms with Gasteiger partial charge in [-0.05, 0) is 20.3 Å². The molecule has 0 aliphatic heterocycles. The van der Waals surface area contributed by atoms with Gasteiger partial charge in [0.05, 0.1) is 0 Å². The molecule has 0 N–H and O–H groups in total. The minimum Gasteiger partial charge on any atom is -0.512 e. The number of halogens is 1. The lowest BCUT2D eigenvalue weighted by Crippen LogP contribution is -2.20. The SMILES string of the molecule is CCC(C)(C)[O][Al].Cl. The Kier molecular flexibility index (Phi) is 6.71. The van der Waals surface area contributed by atoms with E-state index < -0.39 is 0 Å². The average molecular weight is 151 g/mol. The molecule has 0 atom stereocenters. The number of hydrogen-bond acceptors (Lipinski definition) is 1. The first kappa shape index (κ1) is 11.6. The van der Waals surface area contributed by atoms with Gasteiger partial charge in [0.2, 0.25) is 0 Å². The maximum absolute atomic E-state index is 5.00. The van der Waals surface area contributed by atoms with E-state index in [2.05, 4.69) is 37.4 Å². The van der Waals surface area contributed by atoms with E-state index in [-0.39, 0.29) is 18.0 Å². The van der Waals surface area contributed by atoms with E-state index in [9.17, 15) is 0 Å². The van der Waals surface area contributed by atoms with Crippen molar-refractivity contribution in [1.82, 2.24) is 0 Å². The molecule has 0 saturated heterocycles. The maximum atomic E-state index is 5.00. The highest BCUT2D eigenvalue weighted by molar-refractivity contribution is 5.98. The van der Waals surface area contributed by atoms with Crippen molar-refractivity contribution in [3.8, 4) is 0 Å². The van der Waals surface area contributed by atoms with Crippen LogP contribution in [0.3, 0.4) is 0 Å². The third-order valence-electron chi connectivity index (χ3n) is 1.17. The Labute approximate surface area is 66.0 Å². The quantitative estimate of drug-likeness (QED) is 0.545. The van der Waals surface area contributed by atoms with E-state index in [1.54, 1.807) is 0 Å². The topological polar surface area (TPSA) is 9.23 Å². The Hall–Kier alpha value is 0.782. The monoisotopic (exact) mass is 150 g/mol. The van der Waals surface area contributed by atoms with Crippen LogP contribution in [0.2, 0.25) is 0 Å². The molecule has 0 spiro atoms. The molecule has 0 heterocycles. The molecule has 2 radical (unpaired) electrons. The van der Waals surface area contributed by atoms with Crippen molar-refractivity contribution in [2.45, 2.75) is 32.8 Å². The molecule has 0 saturated carbocycles. The fourth-order valence-corrected chi connectivity index (χ4v) is 0.250. The van der Waals surface area contributed by atoms with Gasteiger partial charge in [0.25, 0.3) is 0 Å². The second kappa shape index (κ2) is 4.64.